The molecule has 3 aromatic heterocycles. The van der Waals surface area contributed by atoms with Crippen molar-refractivity contribution in [1.82, 2.24) is 4.72 Å². The molecule has 4 nitrogen and oxygen atoms in total. The zero-order chi connectivity index (χ0) is 15.6. The Balaban J connectivity index is 1.90. The van der Waals surface area contributed by atoms with E-state index in [1.54, 1.807) is 17.5 Å². The third-order valence-corrected chi connectivity index (χ3v) is 7.71. The quantitative estimate of drug-likeness (QED) is 0.700. The molecule has 0 aliphatic heterocycles. The highest BCUT2D eigenvalue weighted by Gasteiger charge is 2.34. The van der Waals surface area contributed by atoms with Gasteiger partial charge in [0.25, 0.3) is 0 Å². The summed E-state index contributed by atoms with van der Waals surface area (Å²) in [6, 6.07) is 8.68. The zero-order valence-corrected chi connectivity index (χ0v) is 14.6. The number of aliphatic hydroxyl groups is 1. The van der Waals surface area contributed by atoms with Gasteiger partial charge < -0.3 is 5.11 Å². The lowest BCUT2D eigenvalue weighted by Crippen LogP contribution is -2.40. The molecular formula is C14H13NO3S4. The van der Waals surface area contributed by atoms with Crippen molar-refractivity contribution in [2.24, 2.45) is 0 Å². The van der Waals surface area contributed by atoms with E-state index in [9.17, 15) is 13.5 Å². The van der Waals surface area contributed by atoms with Gasteiger partial charge >= 0.3 is 0 Å². The maximum atomic E-state index is 12.3. The Bertz CT molecular complexity index is 771. The van der Waals surface area contributed by atoms with Crippen molar-refractivity contribution < 1.29 is 13.5 Å². The summed E-state index contributed by atoms with van der Waals surface area (Å²) in [5.74, 6) is 0. The van der Waals surface area contributed by atoms with Gasteiger partial charge in [-0.3, -0.25) is 0 Å². The molecule has 3 heterocycles. The van der Waals surface area contributed by atoms with Crippen LogP contribution in [0.4, 0.5) is 0 Å². The van der Waals surface area contributed by atoms with E-state index in [1.165, 1.54) is 22.7 Å². The molecule has 1 atom stereocenters. The Morgan fingerprint density at radius 2 is 1.86 bits per heavy atom. The molecule has 0 aromatic carbocycles. The van der Waals surface area contributed by atoms with E-state index in [1.807, 2.05) is 34.3 Å². The number of hydrogen-bond acceptors (Lipinski definition) is 6. The van der Waals surface area contributed by atoms with Crippen LogP contribution in [0.25, 0.3) is 0 Å². The highest BCUT2D eigenvalue weighted by atomic mass is 32.2. The van der Waals surface area contributed by atoms with Crippen molar-refractivity contribution in [2.75, 3.05) is 6.54 Å². The van der Waals surface area contributed by atoms with Crippen LogP contribution in [0, 0.1) is 0 Å². The van der Waals surface area contributed by atoms with Crippen molar-refractivity contribution in [2.45, 2.75) is 9.81 Å². The normalized spacial score (nSPS) is 14.8. The number of nitrogens with one attached hydrogen (secondary N) is 1. The lowest BCUT2D eigenvalue weighted by Gasteiger charge is -2.26. The first-order valence-corrected chi connectivity index (χ1v) is 10.5. The van der Waals surface area contributed by atoms with Gasteiger partial charge in [0.15, 0.2) is 0 Å². The van der Waals surface area contributed by atoms with E-state index in [4.69, 9.17) is 0 Å². The fourth-order valence-electron chi connectivity index (χ4n) is 2.03. The molecule has 0 saturated heterocycles. The second kappa shape index (κ2) is 6.23. The van der Waals surface area contributed by atoms with Gasteiger partial charge in [0.05, 0.1) is 0 Å². The molecule has 0 spiro atoms. The lowest BCUT2D eigenvalue weighted by molar-refractivity contribution is 0.0903. The molecular weight excluding hydrogens is 358 g/mol. The Morgan fingerprint density at radius 3 is 2.45 bits per heavy atom. The summed E-state index contributed by atoms with van der Waals surface area (Å²) in [7, 11) is -3.62. The van der Waals surface area contributed by atoms with Crippen LogP contribution in [0.1, 0.15) is 10.4 Å². The van der Waals surface area contributed by atoms with Crippen LogP contribution in [0.3, 0.4) is 0 Å². The highest BCUT2D eigenvalue weighted by Crippen LogP contribution is 2.34. The topological polar surface area (TPSA) is 66.4 Å². The summed E-state index contributed by atoms with van der Waals surface area (Å²) in [6.45, 7) is -0.107. The number of rotatable bonds is 6. The van der Waals surface area contributed by atoms with Crippen LogP contribution in [0.2, 0.25) is 0 Å². The predicted molar refractivity (Wildman–Crippen MR) is 91.1 cm³/mol. The maximum Gasteiger partial charge on any atom is 0.250 e. The fraction of sp³-hybridized carbons (Fsp3) is 0.143. The van der Waals surface area contributed by atoms with Crippen molar-refractivity contribution in [3.63, 3.8) is 0 Å². The highest BCUT2D eigenvalue weighted by molar-refractivity contribution is 7.91. The van der Waals surface area contributed by atoms with Gasteiger partial charge in [-0.1, -0.05) is 12.1 Å². The van der Waals surface area contributed by atoms with Crippen molar-refractivity contribution in [3.8, 4) is 0 Å². The molecule has 116 valence electrons. The van der Waals surface area contributed by atoms with Crippen LogP contribution < -0.4 is 4.72 Å². The zero-order valence-electron chi connectivity index (χ0n) is 11.3. The third kappa shape index (κ3) is 3.03. The molecule has 0 amide bonds. The average Bonchev–Trinajstić information content (AvgIpc) is 3.28. The minimum Gasteiger partial charge on any atom is -0.378 e. The average molecular weight is 372 g/mol. The van der Waals surface area contributed by atoms with Gasteiger partial charge in [-0.2, -0.15) is 11.3 Å². The van der Waals surface area contributed by atoms with E-state index < -0.39 is 15.6 Å². The summed E-state index contributed by atoms with van der Waals surface area (Å²) < 4.78 is 27.3. The van der Waals surface area contributed by atoms with Crippen molar-refractivity contribution in [1.29, 1.82) is 0 Å². The van der Waals surface area contributed by atoms with Gasteiger partial charge in [-0.15, -0.1) is 22.7 Å². The number of thiophene rings is 3. The molecule has 8 heteroatoms. The third-order valence-electron chi connectivity index (χ3n) is 3.21. The van der Waals surface area contributed by atoms with Gasteiger partial charge in [0.1, 0.15) is 9.81 Å². The molecule has 3 rings (SSSR count). The Hall–Kier alpha value is -1.03. The second-order valence-corrected chi connectivity index (χ2v) is 9.28. The van der Waals surface area contributed by atoms with E-state index >= 15 is 0 Å². The molecule has 0 aliphatic carbocycles. The monoisotopic (exact) mass is 371 g/mol. The molecule has 2 N–H and O–H groups in total. The van der Waals surface area contributed by atoms with Gasteiger partial charge in [0.2, 0.25) is 10.0 Å². The first kappa shape index (κ1) is 15.9. The Kier molecular flexibility index (Phi) is 4.49. The van der Waals surface area contributed by atoms with Crippen molar-refractivity contribution in [3.05, 3.63) is 62.3 Å². The second-order valence-electron chi connectivity index (χ2n) is 4.61. The fourth-order valence-corrected chi connectivity index (χ4v) is 5.70. The van der Waals surface area contributed by atoms with Crippen LogP contribution in [-0.4, -0.2) is 20.1 Å². The first-order valence-electron chi connectivity index (χ1n) is 6.34. The lowest BCUT2D eigenvalue weighted by atomic mass is 9.95. The minimum atomic E-state index is -3.62. The van der Waals surface area contributed by atoms with Crippen LogP contribution in [0.15, 0.2) is 56.1 Å². The largest absolute Gasteiger partial charge is 0.378 e. The molecule has 22 heavy (non-hydrogen) atoms. The molecule has 3 aromatic rings. The molecule has 0 radical (unpaired) electrons. The molecule has 0 bridgehead atoms. The van der Waals surface area contributed by atoms with E-state index in [0.717, 1.165) is 11.3 Å². The van der Waals surface area contributed by atoms with Crippen LogP contribution >= 0.6 is 34.0 Å². The summed E-state index contributed by atoms with van der Waals surface area (Å²) in [5.41, 5.74) is -0.674. The number of sulfonamides is 1. The van der Waals surface area contributed by atoms with Crippen LogP contribution in [0.5, 0.6) is 0 Å². The molecule has 0 fully saturated rings. The van der Waals surface area contributed by atoms with Gasteiger partial charge in [-0.25, -0.2) is 13.1 Å². The minimum absolute atomic E-state index is 0.107. The molecule has 0 saturated carbocycles. The van der Waals surface area contributed by atoms with Gasteiger partial charge in [0, 0.05) is 17.0 Å². The van der Waals surface area contributed by atoms with E-state index in [-0.39, 0.29) is 10.8 Å². The number of hydrogen-bond donors (Lipinski definition) is 2. The smallest absolute Gasteiger partial charge is 0.250 e. The summed E-state index contributed by atoms with van der Waals surface area (Å²) >= 11 is 4.01. The van der Waals surface area contributed by atoms with Crippen molar-refractivity contribution >= 4 is 44.0 Å². The maximum absolute atomic E-state index is 12.3. The summed E-state index contributed by atoms with van der Waals surface area (Å²) in [6.07, 6.45) is 0. The van der Waals surface area contributed by atoms with Crippen LogP contribution in [-0.2, 0) is 15.6 Å². The Labute approximate surface area is 140 Å². The van der Waals surface area contributed by atoms with Gasteiger partial charge in [-0.05, 0) is 39.7 Å². The SMILES string of the molecule is O=S(=O)(NCC(O)(c1ccsc1)c1cccs1)c1cccs1. The standard InChI is InChI=1S/C14H13NO3S4/c16-14(11-5-8-19-9-11,12-3-1-6-20-12)10-15-22(17,18)13-4-2-7-21-13/h1-9,15-16H,10H2. The van der Waals surface area contributed by atoms with E-state index in [0.29, 0.717) is 10.4 Å². The molecule has 0 aliphatic rings. The van der Waals surface area contributed by atoms with E-state index in [2.05, 4.69) is 4.72 Å². The predicted octanol–water partition coefficient (Wildman–Crippen LogP) is 3.09. The molecule has 1 unspecified atom stereocenters. The Morgan fingerprint density at radius 1 is 1.09 bits per heavy atom. The summed E-state index contributed by atoms with van der Waals surface area (Å²) in [4.78, 5) is 0.708. The summed E-state index contributed by atoms with van der Waals surface area (Å²) in [5, 5.41) is 18.4. The first-order chi connectivity index (χ1) is 10.5.